The fourth-order valence-electron chi connectivity index (χ4n) is 2.40. The van der Waals surface area contributed by atoms with Crippen LogP contribution in [0.15, 0.2) is 60.7 Å². The summed E-state index contributed by atoms with van der Waals surface area (Å²) in [6.45, 7) is -0.107. The number of nitrogens with zero attached hydrogens (tertiary/aromatic N) is 2. The number of benzene rings is 2. The van der Waals surface area contributed by atoms with Crippen molar-refractivity contribution >= 4 is 11.7 Å². The summed E-state index contributed by atoms with van der Waals surface area (Å²) in [4.78, 5) is 16.7. The Morgan fingerprint density at radius 1 is 1.25 bits per heavy atom. The number of hydrogen-bond acceptors (Lipinski definition) is 4. The smallest absolute Gasteiger partial charge is 0.355 e. The minimum absolute atomic E-state index is 0.0185. The van der Waals surface area contributed by atoms with Gasteiger partial charge in [-0.1, -0.05) is 30.2 Å². The molecule has 1 aliphatic heterocycles. The van der Waals surface area contributed by atoms with Gasteiger partial charge in [-0.05, 0) is 29.8 Å². The fourth-order valence-corrected chi connectivity index (χ4v) is 2.40. The Hall–Kier alpha value is -3.21. The number of rotatable bonds is 3. The quantitative estimate of drug-likeness (QED) is 0.726. The lowest BCUT2D eigenvalue weighted by molar-refractivity contribution is -0.551. The van der Waals surface area contributed by atoms with Crippen LogP contribution in [-0.4, -0.2) is 22.5 Å². The SMILES string of the molecule is [2H]c1c([2H])c([2H])c(C([2H])([2H])c2nc(-c3ccc(O)cc3)c[n+]3c2NCC3=O)c([2H])c1[2H]. The van der Waals surface area contributed by atoms with E-state index in [2.05, 4.69) is 10.3 Å². The number of aromatic nitrogens is 2. The molecule has 0 atom stereocenters. The van der Waals surface area contributed by atoms with Crippen LogP contribution in [0.25, 0.3) is 11.3 Å². The second-order valence-electron chi connectivity index (χ2n) is 5.11. The van der Waals surface area contributed by atoms with Crippen LogP contribution >= 0.6 is 0 Å². The molecular weight excluding hydrogens is 302 g/mol. The highest BCUT2D eigenvalue weighted by Crippen LogP contribution is 2.23. The molecule has 0 saturated heterocycles. The van der Waals surface area contributed by atoms with Gasteiger partial charge in [0, 0.05) is 14.7 Å². The average Bonchev–Trinajstić information content (AvgIpc) is 3.11. The fraction of sp³-hybridized carbons (Fsp3) is 0.105. The number of hydrogen-bond donors (Lipinski definition) is 2. The lowest BCUT2D eigenvalue weighted by Gasteiger charge is -2.07. The third kappa shape index (κ3) is 2.60. The third-order valence-electron chi connectivity index (χ3n) is 3.53. The van der Waals surface area contributed by atoms with Gasteiger partial charge in [0.2, 0.25) is 0 Å². The van der Waals surface area contributed by atoms with Crippen molar-refractivity contribution in [3.05, 3.63) is 71.9 Å². The average molecular weight is 325 g/mol. The van der Waals surface area contributed by atoms with Gasteiger partial charge in [-0.2, -0.15) is 4.57 Å². The highest BCUT2D eigenvalue weighted by Gasteiger charge is 2.31. The van der Waals surface area contributed by atoms with Crippen LogP contribution in [0.2, 0.25) is 0 Å². The number of phenolic OH excluding ortho intramolecular Hbond substituents is 1. The summed E-state index contributed by atoms with van der Waals surface area (Å²) < 4.78 is 58.4. The number of phenols is 1. The zero-order chi connectivity index (χ0) is 22.7. The molecule has 0 amide bonds. The van der Waals surface area contributed by atoms with Gasteiger partial charge in [-0.15, -0.1) is 0 Å². The molecule has 2 heterocycles. The molecule has 5 nitrogen and oxygen atoms in total. The monoisotopic (exact) mass is 325 g/mol. The molecule has 0 spiro atoms. The lowest BCUT2D eigenvalue weighted by atomic mass is 10.1. The first kappa shape index (κ1) is 8.59. The topological polar surface area (TPSA) is 66.1 Å². The largest absolute Gasteiger partial charge is 0.508 e. The molecule has 0 aliphatic carbocycles. The molecule has 118 valence electrons. The van der Waals surface area contributed by atoms with E-state index in [4.69, 9.17) is 9.60 Å². The molecule has 0 unspecified atom stereocenters. The standard InChI is InChI=1S/C19H15N3O2/c23-15-8-6-14(7-9-15)17-12-22-18(24)11-20-19(22)16(21-17)10-13-4-2-1-3-5-13/h1-9,12,23H,10-11H2/p+1/i1D,2D,3D,4D,5D,10D2. The Morgan fingerprint density at radius 2 is 2.00 bits per heavy atom. The molecule has 2 aromatic carbocycles. The molecule has 1 aromatic heterocycles. The third-order valence-corrected chi connectivity index (χ3v) is 3.53. The number of anilines is 1. The van der Waals surface area contributed by atoms with E-state index < -0.39 is 42.1 Å². The number of fused-ring (bicyclic) bond motifs is 1. The molecule has 24 heavy (non-hydrogen) atoms. The second kappa shape index (κ2) is 5.77. The van der Waals surface area contributed by atoms with Crippen LogP contribution in [-0.2, 0) is 6.37 Å². The summed E-state index contributed by atoms with van der Waals surface area (Å²) in [5, 5.41) is 12.3. The molecule has 2 N–H and O–H groups in total. The molecule has 3 aromatic rings. The van der Waals surface area contributed by atoms with Gasteiger partial charge in [-0.3, -0.25) is 5.32 Å². The predicted molar refractivity (Wildman–Crippen MR) is 89.9 cm³/mol. The van der Waals surface area contributed by atoms with E-state index in [-0.39, 0.29) is 35.4 Å². The van der Waals surface area contributed by atoms with Crippen molar-refractivity contribution in [1.82, 2.24) is 4.98 Å². The zero-order valence-electron chi connectivity index (χ0n) is 19.3. The Kier molecular flexibility index (Phi) is 2.07. The minimum atomic E-state index is -2.63. The predicted octanol–water partition coefficient (Wildman–Crippen LogP) is 2.40. The minimum Gasteiger partial charge on any atom is -0.508 e. The zero-order valence-corrected chi connectivity index (χ0v) is 12.3. The molecule has 5 heteroatoms. The van der Waals surface area contributed by atoms with E-state index in [1.54, 1.807) is 12.1 Å². The van der Waals surface area contributed by atoms with Crippen molar-refractivity contribution < 1.29 is 24.1 Å². The Bertz CT molecular complexity index is 1220. The summed E-state index contributed by atoms with van der Waals surface area (Å²) >= 11 is 0. The molecule has 0 saturated carbocycles. The molecule has 0 fully saturated rings. The van der Waals surface area contributed by atoms with E-state index in [0.717, 1.165) is 0 Å². The van der Waals surface area contributed by atoms with E-state index in [9.17, 15) is 9.90 Å². The highest BCUT2D eigenvalue weighted by atomic mass is 16.3. The van der Waals surface area contributed by atoms with Crippen LogP contribution in [0.4, 0.5) is 5.82 Å². The van der Waals surface area contributed by atoms with Gasteiger partial charge < -0.3 is 5.11 Å². The maximum Gasteiger partial charge on any atom is 0.355 e. The van der Waals surface area contributed by atoms with Crippen molar-refractivity contribution in [2.45, 2.75) is 6.37 Å². The summed E-state index contributed by atoms with van der Waals surface area (Å²) in [7, 11) is 0. The van der Waals surface area contributed by atoms with Gasteiger partial charge in [0.1, 0.15) is 23.3 Å². The first-order valence-electron chi connectivity index (χ1n) is 10.6. The van der Waals surface area contributed by atoms with Gasteiger partial charge >= 0.3 is 11.7 Å². The second-order valence-corrected chi connectivity index (χ2v) is 5.11. The summed E-state index contributed by atoms with van der Waals surface area (Å²) in [6.07, 6.45) is -1.21. The van der Waals surface area contributed by atoms with Crippen molar-refractivity contribution in [2.24, 2.45) is 0 Å². The Morgan fingerprint density at radius 3 is 2.75 bits per heavy atom. The summed E-state index contributed by atoms with van der Waals surface area (Å²) in [6, 6.07) is 2.59. The first-order chi connectivity index (χ1) is 14.5. The normalized spacial score (nSPS) is 17.5. The highest BCUT2D eigenvalue weighted by molar-refractivity contribution is 5.78. The van der Waals surface area contributed by atoms with Gasteiger partial charge in [0.25, 0.3) is 0 Å². The number of nitrogens with one attached hydrogen (secondary N) is 1. The van der Waals surface area contributed by atoms with E-state index in [0.29, 0.717) is 5.56 Å². The van der Waals surface area contributed by atoms with E-state index in [1.165, 1.54) is 22.9 Å². The maximum absolute atomic E-state index is 12.4. The Balaban J connectivity index is 2.01. The van der Waals surface area contributed by atoms with Gasteiger partial charge in [0.05, 0.1) is 6.85 Å². The van der Waals surface area contributed by atoms with Crippen LogP contribution in [0.1, 0.15) is 25.6 Å². The lowest BCUT2D eigenvalue weighted by Crippen LogP contribution is -2.40. The van der Waals surface area contributed by atoms with Crippen LogP contribution < -0.4 is 9.88 Å². The maximum atomic E-state index is 12.4. The molecule has 1 aliphatic rings. The van der Waals surface area contributed by atoms with Gasteiger partial charge in [0.15, 0.2) is 6.54 Å². The summed E-state index contributed by atoms with van der Waals surface area (Å²) in [5.41, 5.74) is -0.154. The van der Waals surface area contributed by atoms with Crippen LogP contribution in [0.3, 0.4) is 0 Å². The first-order valence-corrected chi connectivity index (χ1v) is 7.15. The van der Waals surface area contributed by atoms with Crippen molar-refractivity contribution in [1.29, 1.82) is 0 Å². The number of carbonyl (C=O) groups excluding carboxylic acids is 1. The number of carbonyl (C=O) groups is 1. The number of aromatic hydroxyl groups is 1. The summed E-state index contributed by atoms with van der Waals surface area (Å²) in [5.74, 6) is -0.301. The van der Waals surface area contributed by atoms with Crippen molar-refractivity contribution in [2.75, 3.05) is 11.9 Å². The van der Waals surface area contributed by atoms with Crippen LogP contribution in [0.5, 0.6) is 5.75 Å². The van der Waals surface area contributed by atoms with E-state index >= 15 is 0 Å². The molecule has 4 rings (SSSR count). The molecule has 0 radical (unpaired) electrons. The van der Waals surface area contributed by atoms with Gasteiger partial charge in [-0.25, -0.2) is 9.78 Å². The van der Waals surface area contributed by atoms with Crippen molar-refractivity contribution in [3.63, 3.8) is 0 Å². The van der Waals surface area contributed by atoms with E-state index in [1.807, 2.05) is 0 Å². The van der Waals surface area contributed by atoms with Crippen molar-refractivity contribution in [3.8, 4) is 17.0 Å². The molecular formula is C19H16N3O2+. The Labute approximate surface area is 149 Å². The molecule has 0 bridgehead atoms. The van der Waals surface area contributed by atoms with Crippen LogP contribution in [0, 0.1) is 0 Å².